The topological polar surface area (TPSA) is 24.1 Å². The molecule has 2 N–H and O–H groups in total. The van der Waals surface area contributed by atoms with Crippen molar-refractivity contribution in [3.8, 4) is 0 Å². The molecule has 0 aromatic rings. The lowest BCUT2D eigenvalue weighted by atomic mass is 9.94. The maximum Gasteiger partial charge on any atom is 0.00671 e. The highest BCUT2D eigenvalue weighted by atomic mass is 14.9. The van der Waals surface area contributed by atoms with Crippen LogP contribution in [0.1, 0.15) is 44.9 Å². The highest BCUT2D eigenvalue weighted by molar-refractivity contribution is 4.76. The Morgan fingerprint density at radius 1 is 1.00 bits per heavy atom. The third-order valence-electron chi connectivity index (χ3n) is 3.70. The van der Waals surface area contributed by atoms with Gasteiger partial charge in [0.2, 0.25) is 0 Å². The number of rotatable bonds is 3. The Bertz CT molecular complexity index is 128. The Labute approximate surface area is 87.8 Å². The van der Waals surface area contributed by atoms with Gasteiger partial charge in [0, 0.05) is 6.04 Å². The molecule has 1 saturated carbocycles. The van der Waals surface area contributed by atoms with Crippen molar-refractivity contribution in [1.82, 2.24) is 10.6 Å². The molecule has 14 heavy (non-hydrogen) atoms. The highest BCUT2D eigenvalue weighted by Gasteiger charge is 2.16. The largest absolute Gasteiger partial charge is 0.316 e. The Morgan fingerprint density at radius 3 is 2.57 bits per heavy atom. The van der Waals surface area contributed by atoms with Gasteiger partial charge in [0.15, 0.2) is 0 Å². The summed E-state index contributed by atoms with van der Waals surface area (Å²) in [7, 11) is 0. The third kappa shape index (κ3) is 3.25. The van der Waals surface area contributed by atoms with Crippen LogP contribution >= 0.6 is 0 Å². The molecule has 82 valence electrons. The van der Waals surface area contributed by atoms with Gasteiger partial charge >= 0.3 is 0 Å². The van der Waals surface area contributed by atoms with Crippen LogP contribution in [0.4, 0.5) is 0 Å². The molecule has 1 saturated heterocycles. The summed E-state index contributed by atoms with van der Waals surface area (Å²) in [5, 5.41) is 7.23. The summed E-state index contributed by atoms with van der Waals surface area (Å²) >= 11 is 0. The van der Waals surface area contributed by atoms with Gasteiger partial charge in [-0.25, -0.2) is 0 Å². The smallest absolute Gasteiger partial charge is 0.00671 e. The minimum atomic E-state index is 0.839. The van der Waals surface area contributed by atoms with Gasteiger partial charge in [-0.3, -0.25) is 0 Å². The van der Waals surface area contributed by atoms with Gasteiger partial charge in [-0.2, -0.15) is 0 Å². The van der Waals surface area contributed by atoms with Crippen molar-refractivity contribution in [3.63, 3.8) is 0 Å². The van der Waals surface area contributed by atoms with Crippen LogP contribution in [0.3, 0.4) is 0 Å². The Hall–Kier alpha value is -0.0800. The molecule has 0 amide bonds. The van der Waals surface area contributed by atoms with E-state index in [1.165, 1.54) is 64.6 Å². The van der Waals surface area contributed by atoms with Gasteiger partial charge in [-0.15, -0.1) is 0 Å². The summed E-state index contributed by atoms with van der Waals surface area (Å²) < 4.78 is 0. The first kappa shape index (κ1) is 10.4. The lowest BCUT2D eigenvalue weighted by Gasteiger charge is -2.28. The van der Waals surface area contributed by atoms with E-state index in [1.54, 1.807) is 0 Å². The van der Waals surface area contributed by atoms with Crippen LogP contribution < -0.4 is 10.6 Å². The number of hydrogen-bond donors (Lipinski definition) is 2. The predicted molar refractivity (Wildman–Crippen MR) is 60.5 cm³/mol. The lowest BCUT2D eigenvalue weighted by Crippen LogP contribution is -2.40. The number of hydrogen-bond acceptors (Lipinski definition) is 2. The second-order valence-electron chi connectivity index (χ2n) is 4.96. The van der Waals surface area contributed by atoms with Crippen molar-refractivity contribution >= 4 is 0 Å². The number of piperidine rings is 1. The molecule has 2 rings (SSSR count). The molecule has 2 aliphatic rings. The average Bonchev–Trinajstić information content (AvgIpc) is 2.29. The fraction of sp³-hybridized carbons (Fsp3) is 1.00. The molecule has 1 aliphatic carbocycles. The molecule has 2 nitrogen and oxygen atoms in total. The monoisotopic (exact) mass is 196 g/mol. The summed E-state index contributed by atoms with van der Waals surface area (Å²) in [4.78, 5) is 0. The highest BCUT2D eigenvalue weighted by Crippen LogP contribution is 2.18. The van der Waals surface area contributed by atoms with Gasteiger partial charge < -0.3 is 10.6 Å². The zero-order valence-electron chi connectivity index (χ0n) is 9.23. The van der Waals surface area contributed by atoms with Crippen molar-refractivity contribution in [1.29, 1.82) is 0 Å². The van der Waals surface area contributed by atoms with E-state index < -0.39 is 0 Å². The van der Waals surface area contributed by atoms with E-state index in [-0.39, 0.29) is 0 Å². The van der Waals surface area contributed by atoms with Crippen LogP contribution in [0.5, 0.6) is 0 Å². The zero-order chi connectivity index (χ0) is 9.64. The Morgan fingerprint density at radius 2 is 1.86 bits per heavy atom. The second kappa shape index (κ2) is 5.72. The van der Waals surface area contributed by atoms with E-state index in [0.29, 0.717) is 0 Å². The summed E-state index contributed by atoms with van der Waals surface area (Å²) in [5.74, 6) is 0.894. The summed E-state index contributed by atoms with van der Waals surface area (Å²) in [5.41, 5.74) is 0. The molecule has 2 fully saturated rings. The normalized spacial score (nSPS) is 30.4. The molecule has 0 bridgehead atoms. The van der Waals surface area contributed by atoms with Gasteiger partial charge in [0.05, 0.1) is 0 Å². The summed E-state index contributed by atoms with van der Waals surface area (Å²) in [6.45, 7) is 3.72. The Kier molecular flexibility index (Phi) is 4.26. The molecule has 1 heterocycles. The van der Waals surface area contributed by atoms with Crippen LogP contribution in [0.15, 0.2) is 0 Å². The SMILES string of the molecule is C1CCC(NC[C@@H]2CCCNC2)CC1. The van der Waals surface area contributed by atoms with Crippen LogP contribution in [-0.4, -0.2) is 25.7 Å². The minimum absolute atomic E-state index is 0.839. The molecule has 0 aromatic carbocycles. The first-order valence-electron chi connectivity index (χ1n) is 6.39. The maximum absolute atomic E-state index is 3.75. The molecule has 0 aromatic heterocycles. The first-order valence-corrected chi connectivity index (χ1v) is 6.39. The molecule has 0 spiro atoms. The fourth-order valence-electron chi connectivity index (χ4n) is 2.74. The van der Waals surface area contributed by atoms with Crippen LogP contribution in [0.2, 0.25) is 0 Å². The summed E-state index contributed by atoms with van der Waals surface area (Å²) in [6, 6.07) is 0.839. The standard InChI is InChI=1S/C12H24N2/c1-2-6-12(7-3-1)14-10-11-5-4-8-13-9-11/h11-14H,1-10H2/t11-/m1/s1. The van der Waals surface area contributed by atoms with Crippen LogP contribution in [-0.2, 0) is 0 Å². The van der Waals surface area contributed by atoms with E-state index in [1.807, 2.05) is 0 Å². The van der Waals surface area contributed by atoms with Gasteiger partial charge in [-0.05, 0) is 51.2 Å². The zero-order valence-corrected chi connectivity index (χ0v) is 9.23. The average molecular weight is 196 g/mol. The lowest BCUT2D eigenvalue weighted by molar-refractivity contribution is 0.311. The van der Waals surface area contributed by atoms with E-state index in [2.05, 4.69) is 10.6 Å². The van der Waals surface area contributed by atoms with Gasteiger partial charge in [-0.1, -0.05) is 19.3 Å². The molecule has 1 aliphatic heterocycles. The minimum Gasteiger partial charge on any atom is -0.316 e. The van der Waals surface area contributed by atoms with Crippen molar-refractivity contribution in [3.05, 3.63) is 0 Å². The van der Waals surface area contributed by atoms with Gasteiger partial charge in [0.25, 0.3) is 0 Å². The molecule has 0 unspecified atom stereocenters. The molecular weight excluding hydrogens is 172 g/mol. The van der Waals surface area contributed by atoms with Gasteiger partial charge in [0.1, 0.15) is 0 Å². The van der Waals surface area contributed by atoms with E-state index in [9.17, 15) is 0 Å². The summed E-state index contributed by atoms with van der Waals surface area (Å²) in [6.07, 6.45) is 9.98. The first-order chi connectivity index (χ1) is 6.95. The van der Waals surface area contributed by atoms with Crippen LogP contribution in [0.25, 0.3) is 0 Å². The van der Waals surface area contributed by atoms with Crippen molar-refractivity contribution in [2.45, 2.75) is 51.0 Å². The van der Waals surface area contributed by atoms with E-state index in [0.717, 1.165) is 12.0 Å². The third-order valence-corrected chi connectivity index (χ3v) is 3.70. The molecular formula is C12H24N2. The fourth-order valence-corrected chi connectivity index (χ4v) is 2.74. The van der Waals surface area contributed by atoms with Crippen molar-refractivity contribution in [2.24, 2.45) is 5.92 Å². The van der Waals surface area contributed by atoms with Crippen LogP contribution in [0, 0.1) is 5.92 Å². The van der Waals surface area contributed by atoms with E-state index in [4.69, 9.17) is 0 Å². The number of nitrogens with one attached hydrogen (secondary N) is 2. The molecule has 2 heteroatoms. The second-order valence-corrected chi connectivity index (χ2v) is 4.96. The van der Waals surface area contributed by atoms with E-state index >= 15 is 0 Å². The van der Waals surface area contributed by atoms with Crippen molar-refractivity contribution in [2.75, 3.05) is 19.6 Å². The van der Waals surface area contributed by atoms with Crippen molar-refractivity contribution < 1.29 is 0 Å². The maximum atomic E-state index is 3.75. The quantitative estimate of drug-likeness (QED) is 0.720. The molecule has 1 atom stereocenters. The Balaban J connectivity index is 1.60. The predicted octanol–water partition coefficient (Wildman–Crippen LogP) is 1.91. The molecule has 0 radical (unpaired) electrons.